The van der Waals surface area contributed by atoms with E-state index in [0.29, 0.717) is 5.92 Å². The largest absolute Gasteiger partial charge is 0.356 e. The standard InChI is InChI=1S/C16H24N4S2.HI/c1-4-14-10-19-15(22-14)5-7-18-16(17-3)20-9-12(2)13-6-8-21-11-13;/h6,8,10-12H,4-5,7,9H2,1-3H3,(H2,17,18,20);1H. The number of rotatable bonds is 7. The van der Waals surface area contributed by atoms with E-state index in [2.05, 4.69) is 51.3 Å². The molecule has 4 nitrogen and oxygen atoms in total. The van der Waals surface area contributed by atoms with Crippen LogP contribution in [-0.2, 0) is 12.8 Å². The summed E-state index contributed by atoms with van der Waals surface area (Å²) in [4.78, 5) is 10.1. The Morgan fingerprint density at radius 3 is 2.83 bits per heavy atom. The Labute approximate surface area is 163 Å². The van der Waals surface area contributed by atoms with Crippen LogP contribution in [0.25, 0.3) is 0 Å². The van der Waals surface area contributed by atoms with E-state index < -0.39 is 0 Å². The van der Waals surface area contributed by atoms with Crippen LogP contribution >= 0.6 is 46.7 Å². The first kappa shape index (κ1) is 20.4. The summed E-state index contributed by atoms with van der Waals surface area (Å²) < 4.78 is 0. The first-order valence-electron chi connectivity index (χ1n) is 7.63. The molecule has 0 amide bonds. The van der Waals surface area contributed by atoms with Gasteiger partial charge in [-0.05, 0) is 34.7 Å². The van der Waals surface area contributed by atoms with Gasteiger partial charge in [-0.2, -0.15) is 11.3 Å². The molecule has 0 aliphatic rings. The lowest BCUT2D eigenvalue weighted by molar-refractivity contribution is 0.699. The number of hydrogen-bond acceptors (Lipinski definition) is 4. The highest BCUT2D eigenvalue weighted by Gasteiger charge is 2.07. The third-order valence-electron chi connectivity index (χ3n) is 3.49. The molecule has 23 heavy (non-hydrogen) atoms. The SMILES string of the molecule is CCc1cnc(CCNC(=NC)NCC(C)c2ccsc2)s1.I. The number of nitrogens with one attached hydrogen (secondary N) is 2. The number of thiazole rings is 1. The molecule has 0 saturated carbocycles. The molecule has 2 rings (SSSR count). The number of hydrogen-bond donors (Lipinski definition) is 2. The Morgan fingerprint density at radius 2 is 2.22 bits per heavy atom. The van der Waals surface area contributed by atoms with Gasteiger partial charge in [0, 0.05) is 37.6 Å². The predicted octanol–water partition coefficient (Wildman–Crippen LogP) is 3.90. The summed E-state index contributed by atoms with van der Waals surface area (Å²) in [6.07, 6.45) is 3.98. The monoisotopic (exact) mass is 464 g/mol. The summed E-state index contributed by atoms with van der Waals surface area (Å²) in [5, 5.41) is 12.3. The second kappa shape index (κ2) is 11.0. The van der Waals surface area contributed by atoms with Crippen molar-refractivity contribution in [3.63, 3.8) is 0 Å². The second-order valence-corrected chi connectivity index (χ2v) is 7.14. The van der Waals surface area contributed by atoms with Crippen molar-refractivity contribution in [3.8, 4) is 0 Å². The van der Waals surface area contributed by atoms with Gasteiger partial charge in [0.15, 0.2) is 5.96 Å². The molecule has 7 heteroatoms. The van der Waals surface area contributed by atoms with Crippen molar-refractivity contribution < 1.29 is 0 Å². The number of guanidine groups is 1. The van der Waals surface area contributed by atoms with Gasteiger partial charge in [0.2, 0.25) is 0 Å². The maximum absolute atomic E-state index is 4.44. The number of aromatic nitrogens is 1. The smallest absolute Gasteiger partial charge is 0.191 e. The van der Waals surface area contributed by atoms with E-state index in [0.717, 1.165) is 31.9 Å². The Kier molecular flexibility index (Phi) is 9.73. The molecule has 0 aliphatic carbocycles. The zero-order chi connectivity index (χ0) is 15.8. The molecule has 2 heterocycles. The van der Waals surface area contributed by atoms with Crippen LogP contribution in [0.2, 0.25) is 0 Å². The van der Waals surface area contributed by atoms with E-state index in [4.69, 9.17) is 0 Å². The van der Waals surface area contributed by atoms with Crippen LogP contribution in [0, 0.1) is 0 Å². The van der Waals surface area contributed by atoms with Gasteiger partial charge in [0.1, 0.15) is 0 Å². The van der Waals surface area contributed by atoms with Crippen molar-refractivity contribution in [2.24, 2.45) is 4.99 Å². The van der Waals surface area contributed by atoms with E-state index in [1.807, 2.05) is 13.2 Å². The number of halogens is 1. The van der Waals surface area contributed by atoms with Gasteiger partial charge in [-0.3, -0.25) is 4.99 Å². The fourth-order valence-electron chi connectivity index (χ4n) is 2.06. The number of nitrogens with zero attached hydrogens (tertiary/aromatic N) is 2. The third-order valence-corrected chi connectivity index (χ3v) is 5.40. The van der Waals surface area contributed by atoms with Crippen molar-refractivity contribution in [2.45, 2.75) is 32.6 Å². The lowest BCUT2D eigenvalue weighted by Gasteiger charge is -2.15. The van der Waals surface area contributed by atoms with Crippen LogP contribution in [0.3, 0.4) is 0 Å². The highest BCUT2D eigenvalue weighted by Crippen LogP contribution is 2.17. The number of thiophene rings is 1. The highest BCUT2D eigenvalue weighted by atomic mass is 127. The van der Waals surface area contributed by atoms with Crippen LogP contribution in [-0.4, -0.2) is 31.1 Å². The molecule has 0 saturated heterocycles. The molecule has 2 aromatic heterocycles. The fraction of sp³-hybridized carbons (Fsp3) is 0.500. The van der Waals surface area contributed by atoms with Gasteiger partial charge < -0.3 is 10.6 Å². The van der Waals surface area contributed by atoms with Crippen LogP contribution < -0.4 is 10.6 Å². The summed E-state index contributed by atoms with van der Waals surface area (Å²) >= 11 is 3.54. The average Bonchev–Trinajstić information content (AvgIpc) is 3.21. The van der Waals surface area contributed by atoms with Crippen molar-refractivity contribution in [1.82, 2.24) is 15.6 Å². The Morgan fingerprint density at radius 1 is 1.39 bits per heavy atom. The van der Waals surface area contributed by atoms with Crippen molar-refractivity contribution >= 4 is 52.6 Å². The summed E-state index contributed by atoms with van der Waals surface area (Å²) in [5.74, 6) is 1.34. The predicted molar refractivity (Wildman–Crippen MR) is 113 cm³/mol. The van der Waals surface area contributed by atoms with Crippen LogP contribution in [0.4, 0.5) is 0 Å². The zero-order valence-electron chi connectivity index (χ0n) is 13.8. The molecule has 0 aromatic carbocycles. The van der Waals surface area contributed by atoms with Gasteiger partial charge in [0.25, 0.3) is 0 Å². The quantitative estimate of drug-likeness (QED) is 0.371. The molecule has 128 valence electrons. The lowest BCUT2D eigenvalue weighted by Crippen LogP contribution is -2.39. The van der Waals surface area contributed by atoms with Gasteiger partial charge in [-0.1, -0.05) is 13.8 Å². The van der Waals surface area contributed by atoms with E-state index in [-0.39, 0.29) is 24.0 Å². The molecule has 0 radical (unpaired) electrons. The molecule has 0 fully saturated rings. The Balaban J connectivity index is 0.00000264. The maximum atomic E-state index is 4.44. The minimum absolute atomic E-state index is 0. The van der Waals surface area contributed by atoms with E-state index in [1.54, 1.807) is 22.7 Å². The molecule has 2 N–H and O–H groups in total. The average molecular weight is 464 g/mol. The topological polar surface area (TPSA) is 49.3 Å². The van der Waals surface area contributed by atoms with Crippen molar-refractivity contribution in [2.75, 3.05) is 20.1 Å². The van der Waals surface area contributed by atoms with Crippen molar-refractivity contribution in [3.05, 3.63) is 38.5 Å². The molecular formula is C16H25IN4S2. The fourth-order valence-corrected chi connectivity index (χ4v) is 3.70. The van der Waals surface area contributed by atoms with E-state index in [9.17, 15) is 0 Å². The molecule has 0 bridgehead atoms. The van der Waals surface area contributed by atoms with Crippen molar-refractivity contribution in [1.29, 1.82) is 0 Å². The number of aliphatic imine (C=N–C) groups is 1. The normalized spacial score (nSPS) is 12.6. The zero-order valence-corrected chi connectivity index (χ0v) is 17.8. The van der Waals surface area contributed by atoms with Crippen LogP contribution in [0.15, 0.2) is 28.0 Å². The van der Waals surface area contributed by atoms with Crippen LogP contribution in [0.1, 0.15) is 35.2 Å². The lowest BCUT2D eigenvalue weighted by atomic mass is 10.1. The third kappa shape index (κ3) is 6.76. The molecule has 2 aromatic rings. The molecule has 1 atom stereocenters. The molecule has 0 spiro atoms. The Bertz CT molecular complexity index is 581. The first-order valence-corrected chi connectivity index (χ1v) is 9.39. The minimum atomic E-state index is 0. The Hall–Kier alpha value is -0.670. The molecule has 0 aliphatic heterocycles. The summed E-state index contributed by atoms with van der Waals surface area (Å²) in [7, 11) is 1.81. The first-order chi connectivity index (χ1) is 10.7. The summed E-state index contributed by atoms with van der Waals surface area (Å²) in [5.41, 5.74) is 1.38. The minimum Gasteiger partial charge on any atom is -0.356 e. The van der Waals surface area contributed by atoms with E-state index >= 15 is 0 Å². The summed E-state index contributed by atoms with van der Waals surface area (Å²) in [6, 6.07) is 2.18. The van der Waals surface area contributed by atoms with Crippen LogP contribution in [0.5, 0.6) is 0 Å². The van der Waals surface area contributed by atoms with Gasteiger partial charge >= 0.3 is 0 Å². The number of aryl methyl sites for hydroxylation is 1. The van der Waals surface area contributed by atoms with Gasteiger partial charge in [0.05, 0.1) is 5.01 Å². The second-order valence-electron chi connectivity index (χ2n) is 5.16. The maximum Gasteiger partial charge on any atom is 0.191 e. The van der Waals surface area contributed by atoms with Gasteiger partial charge in [-0.15, -0.1) is 35.3 Å². The van der Waals surface area contributed by atoms with Gasteiger partial charge in [-0.25, -0.2) is 4.98 Å². The molecule has 1 unspecified atom stereocenters. The van der Waals surface area contributed by atoms with E-state index in [1.165, 1.54) is 15.4 Å². The molecular weight excluding hydrogens is 439 g/mol. The highest BCUT2D eigenvalue weighted by molar-refractivity contribution is 14.0. The summed E-state index contributed by atoms with van der Waals surface area (Å²) in [6.45, 7) is 6.12.